The largest absolute Gasteiger partial charge is 0.390 e. The van der Waals surface area contributed by atoms with Gasteiger partial charge < -0.3 is 15.3 Å². The third-order valence-electron chi connectivity index (χ3n) is 6.20. The Kier molecular flexibility index (Phi) is 6.81. The number of hydrogen-bond acceptors (Lipinski definition) is 6. The number of aryl methyl sites for hydroxylation is 1. The van der Waals surface area contributed by atoms with Crippen LogP contribution in [0.4, 0.5) is 0 Å². The quantitative estimate of drug-likeness (QED) is 0.669. The highest BCUT2D eigenvalue weighted by Gasteiger charge is 2.29. The number of nitrogens with zero attached hydrogens (tertiary/aromatic N) is 4. The fourth-order valence-electron chi connectivity index (χ4n) is 4.48. The number of β-amino-alcohol motifs (C(OH)–C–C–N with tert-alkyl or cyclic N) is 1. The minimum atomic E-state index is -0.654. The van der Waals surface area contributed by atoms with Crippen LogP contribution in [0.5, 0.6) is 0 Å². The van der Waals surface area contributed by atoms with E-state index in [0.29, 0.717) is 30.4 Å². The highest BCUT2D eigenvalue weighted by atomic mass is 16.3. The van der Waals surface area contributed by atoms with E-state index in [9.17, 15) is 14.7 Å². The maximum atomic E-state index is 12.6. The minimum Gasteiger partial charge on any atom is -0.390 e. The van der Waals surface area contributed by atoms with Crippen LogP contribution >= 0.6 is 0 Å². The average molecular weight is 438 g/mol. The first kappa shape index (κ1) is 22.4. The van der Waals surface area contributed by atoms with Gasteiger partial charge in [0.1, 0.15) is 11.5 Å². The predicted octanol–water partition coefficient (Wildman–Crippen LogP) is 0.955. The first-order valence-corrected chi connectivity index (χ1v) is 11.2. The summed E-state index contributed by atoms with van der Waals surface area (Å²) in [5.74, 6) is 0.690. The molecule has 0 unspecified atom stereocenters. The Morgan fingerprint density at radius 2 is 1.97 bits per heavy atom. The molecule has 1 saturated heterocycles. The number of amides is 2. The van der Waals surface area contributed by atoms with E-state index in [2.05, 4.69) is 38.4 Å². The van der Waals surface area contributed by atoms with Crippen LogP contribution in [0.3, 0.4) is 0 Å². The molecule has 2 N–H and O–H groups in total. The highest BCUT2D eigenvalue weighted by Crippen LogP contribution is 2.20. The highest BCUT2D eigenvalue weighted by molar-refractivity contribution is 5.92. The number of carbonyl (C=O) groups is 2. The standard InChI is InChI=1S/C24H31N5O3/c1-16-26-21(9-18-12-29(13-18)17(2)30)10-23(27-16)24(32)25-11-22(31)15-28-8-7-19-5-3-4-6-20(19)14-28/h3-6,10,18,22,31H,7-9,11-15H2,1-2H3,(H,25,32)/t22-/m0/s1. The van der Waals surface area contributed by atoms with Crippen LogP contribution in [0, 0.1) is 12.8 Å². The Balaban J connectivity index is 1.26. The number of aliphatic hydroxyl groups excluding tert-OH is 1. The van der Waals surface area contributed by atoms with E-state index in [-0.39, 0.29) is 18.4 Å². The fraction of sp³-hybridized carbons (Fsp3) is 0.500. The van der Waals surface area contributed by atoms with Gasteiger partial charge >= 0.3 is 0 Å². The fourth-order valence-corrected chi connectivity index (χ4v) is 4.48. The van der Waals surface area contributed by atoms with Crippen molar-refractivity contribution in [2.45, 2.75) is 39.3 Å². The lowest BCUT2D eigenvalue weighted by atomic mass is 9.94. The van der Waals surface area contributed by atoms with Crippen LogP contribution in [0.15, 0.2) is 30.3 Å². The van der Waals surface area contributed by atoms with Crippen molar-refractivity contribution in [3.05, 3.63) is 58.7 Å². The van der Waals surface area contributed by atoms with Crippen molar-refractivity contribution in [2.24, 2.45) is 5.92 Å². The van der Waals surface area contributed by atoms with Crippen molar-refractivity contribution < 1.29 is 14.7 Å². The molecule has 2 amide bonds. The molecule has 1 fully saturated rings. The summed E-state index contributed by atoms with van der Waals surface area (Å²) in [6.45, 7) is 7.21. The topological polar surface area (TPSA) is 98.7 Å². The monoisotopic (exact) mass is 437 g/mol. The number of aromatic nitrogens is 2. The van der Waals surface area contributed by atoms with Gasteiger partial charge in [-0.25, -0.2) is 9.97 Å². The van der Waals surface area contributed by atoms with Gasteiger partial charge in [0.05, 0.1) is 6.10 Å². The zero-order valence-electron chi connectivity index (χ0n) is 18.8. The number of rotatable bonds is 7. The zero-order chi connectivity index (χ0) is 22.7. The SMILES string of the molecule is CC(=O)N1CC(Cc2cc(C(=O)NC[C@H](O)CN3CCc4ccccc4C3)nc(C)n2)C1. The zero-order valence-corrected chi connectivity index (χ0v) is 18.8. The van der Waals surface area contributed by atoms with Gasteiger partial charge in [0.15, 0.2) is 0 Å². The van der Waals surface area contributed by atoms with Crippen LogP contribution in [0.2, 0.25) is 0 Å². The molecule has 2 aliphatic heterocycles. The number of nitrogens with one attached hydrogen (secondary N) is 1. The molecule has 3 heterocycles. The van der Waals surface area contributed by atoms with Gasteiger partial charge in [0, 0.05) is 51.9 Å². The summed E-state index contributed by atoms with van der Waals surface area (Å²) in [6, 6.07) is 10.1. The van der Waals surface area contributed by atoms with Gasteiger partial charge in [0.2, 0.25) is 5.91 Å². The molecule has 0 bridgehead atoms. The molecule has 2 aromatic rings. The van der Waals surface area contributed by atoms with E-state index in [1.165, 1.54) is 11.1 Å². The molecule has 1 atom stereocenters. The minimum absolute atomic E-state index is 0.0903. The first-order valence-electron chi connectivity index (χ1n) is 11.2. The van der Waals surface area contributed by atoms with Crippen molar-refractivity contribution in [1.29, 1.82) is 0 Å². The molecule has 8 heteroatoms. The second-order valence-corrected chi connectivity index (χ2v) is 8.90. The summed E-state index contributed by atoms with van der Waals surface area (Å²) in [4.78, 5) is 36.7. The Morgan fingerprint density at radius 1 is 1.22 bits per heavy atom. The van der Waals surface area contributed by atoms with Crippen LogP contribution in [-0.2, 0) is 24.2 Å². The van der Waals surface area contributed by atoms with Crippen LogP contribution < -0.4 is 5.32 Å². The molecule has 32 heavy (non-hydrogen) atoms. The Bertz CT molecular complexity index is 989. The molecule has 1 aromatic heterocycles. The molecular formula is C24H31N5O3. The van der Waals surface area contributed by atoms with Gasteiger partial charge in [0.25, 0.3) is 5.91 Å². The number of hydrogen-bond donors (Lipinski definition) is 2. The maximum Gasteiger partial charge on any atom is 0.270 e. The third-order valence-corrected chi connectivity index (χ3v) is 6.20. The van der Waals surface area contributed by atoms with E-state index in [1.54, 1.807) is 24.8 Å². The summed E-state index contributed by atoms with van der Waals surface area (Å²) < 4.78 is 0. The van der Waals surface area contributed by atoms with Crippen molar-refractivity contribution in [3.63, 3.8) is 0 Å². The van der Waals surface area contributed by atoms with Gasteiger partial charge in [-0.3, -0.25) is 14.5 Å². The Labute approximate surface area is 188 Å². The molecule has 8 nitrogen and oxygen atoms in total. The Morgan fingerprint density at radius 3 is 2.72 bits per heavy atom. The summed E-state index contributed by atoms with van der Waals surface area (Å²) in [5.41, 5.74) is 3.80. The molecule has 0 spiro atoms. The second kappa shape index (κ2) is 9.75. The molecule has 1 aromatic carbocycles. The normalized spacial score (nSPS) is 17.4. The number of likely N-dealkylation sites (tertiary alicyclic amines) is 1. The van der Waals surface area contributed by atoms with Crippen LogP contribution in [0.1, 0.15) is 40.1 Å². The summed E-state index contributed by atoms with van der Waals surface area (Å²) >= 11 is 0. The van der Waals surface area contributed by atoms with Crippen LogP contribution in [-0.4, -0.2) is 75.5 Å². The lowest BCUT2D eigenvalue weighted by Gasteiger charge is -2.38. The first-order chi connectivity index (χ1) is 15.4. The van der Waals surface area contributed by atoms with Gasteiger partial charge in [-0.15, -0.1) is 0 Å². The van der Waals surface area contributed by atoms with Crippen molar-refractivity contribution in [2.75, 3.05) is 32.7 Å². The third kappa shape index (κ3) is 5.49. The Hall–Kier alpha value is -2.84. The molecule has 0 aliphatic carbocycles. The molecule has 170 valence electrons. The van der Waals surface area contributed by atoms with Crippen molar-refractivity contribution in [1.82, 2.24) is 25.1 Å². The van der Waals surface area contributed by atoms with Crippen molar-refractivity contribution >= 4 is 11.8 Å². The second-order valence-electron chi connectivity index (χ2n) is 8.90. The number of fused-ring (bicyclic) bond motifs is 1. The number of carbonyl (C=O) groups excluding carboxylic acids is 2. The van der Waals surface area contributed by atoms with E-state index >= 15 is 0 Å². The predicted molar refractivity (Wildman–Crippen MR) is 120 cm³/mol. The van der Waals surface area contributed by atoms with Gasteiger partial charge in [-0.05, 0) is 42.9 Å². The average Bonchev–Trinajstić information content (AvgIpc) is 2.73. The van der Waals surface area contributed by atoms with Gasteiger partial charge in [-0.2, -0.15) is 0 Å². The summed E-state index contributed by atoms with van der Waals surface area (Å²) in [6.07, 6.45) is 1.04. The summed E-state index contributed by atoms with van der Waals surface area (Å²) in [5, 5.41) is 13.3. The van der Waals surface area contributed by atoms with Gasteiger partial charge in [-0.1, -0.05) is 24.3 Å². The lowest BCUT2D eigenvalue weighted by Crippen LogP contribution is -2.49. The van der Waals surface area contributed by atoms with Crippen molar-refractivity contribution in [3.8, 4) is 0 Å². The molecule has 4 rings (SSSR count). The lowest BCUT2D eigenvalue weighted by molar-refractivity contribution is -0.134. The smallest absolute Gasteiger partial charge is 0.270 e. The summed E-state index contributed by atoms with van der Waals surface area (Å²) in [7, 11) is 0. The molecular weight excluding hydrogens is 406 g/mol. The number of benzene rings is 1. The van der Waals surface area contributed by atoms with E-state index < -0.39 is 6.10 Å². The molecule has 0 radical (unpaired) electrons. The van der Waals surface area contributed by atoms with E-state index in [1.807, 2.05) is 6.07 Å². The van der Waals surface area contributed by atoms with E-state index in [0.717, 1.165) is 38.3 Å². The van der Waals surface area contributed by atoms with E-state index in [4.69, 9.17) is 0 Å². The van der Waals surface area contributed by atoms with Crippen LogP contribution in [0.25, 0.3) is 0 Å². The molecule has 0 saturated carbocycles. The molecule has 2 aliphatic rings. The maximum absolute atomic E-state index is 12.6. The number of aliphatic hydroxyl groups is 1.